The van der Waals surface area contributed by atoms with Crippen molar-refractivity contribution in [2.24, 2.45) is 0 Å². The van der Waals surface area contributed by atoms with E-state index in [4.69, 9.17) is 4.74 Å². The lowest BCUT2D eigenvalue weighted by Gasteiger charge is -1.99. The van der Waals surface area contributed by atoms with Crippen LogP contribution < -0.4 is 4.74 Å². The van der Waals surface area contributed by atoms with Crippen LogP contribution in [0.25, 0.3) is 11.3 Å². The molecule has 0 fully saturated rings. The molecule has 0 spiro atoms. The molecule has 0 atom stereocenters. The number of hydrogen-bond donors (Lipinski definition) is 0. The Hall–Kier alpha value is -1.29. The third-order valence-corrected chi connectivity index (χ3v) is 2.98. The van der Waals surface area contributed by atoms with E-state index in [0.29, 0.717) is 6.61 Å². The van der Waals surface area contributed by atoms with Crippen LogP contribution >= 0.6 is 11.3 Å². The molecule has 3 nitrogen and oxygen atoms in total. The summed E-state index contributed by atoms with van der Waals surface area (Å²) >= 11 is 1.64. The molecule has 4 heteroatoms. The molecule has 3 heterocycles. The maximum atomic E-state index is 5.59. The number of nitrogens with zero attached hydrogens (tertiary/aromatic N) is 2. The van der Waals surface area contributed by atoms with Crippen LogP contribution in [0.4, 0.5) is 0 Å². The van der Waals surface area contributed by atoms with Crippen molar-refractivity contribution in [3.05, 3.63) is 23.7 Å². The van der Waals surface area contributed by atoms with Gasteiger partial charge in [0.2, 0.25) is 0 Å². The Morgan fingerprint density at radius 1 is 1.24 bits per heavy atom. The highest BCUT2D eigenvalue weighted by Crippen LogP contribution is 2.36. The number of aromatic nitrogens is 2. The molecular weight excluding hydrogens is 232 g/mol. The van der Waals surface area contributed by atoms with E-state index in [9.17, 15) is 0 Å². The molecular formula is C13H20N2OS. The summed E-state index contributed by atoms with van der Waals surface area (Å²) in [5.41, 5.74) is 2.33. The number of hydrogen-bond acceptors (Lipinski definition) is 3. The zero-order valence-electron chi connectivity index (χ0n) is 10.9. The summed E-state index contributed by atoms with van der Waals surface area (Å²) in [6.45, 7) is 9.55. The lowest BCUT2D eigenvalue weighted by molar-refractivity contribution is 0.308. The topological polar surface area (TPSA) is 27.1 Å². The maximum absolute atomic E-state index is 5.59. The largest absolute Gasteiger partial charge is 0.481 e. The molecule has 0 N–H and O–H groups in total. The van der Waals surface area contributed by atoms with Gasteiger partial charge in [0.05, 0.1) is 17.8 Å². The first-order valence-corrected chi connectivity index (χ1v) is 7.05. The van der Waals surface area contributed by atoms with Gasteiger partial charge in [-0.05, 0) is 17.5 Å². The van der Waals surface area contributed by atoms with Crippen molar-refractivity contribution in [1.82, 2.24) is 9.78 Å². The standard InChI is InChI=1S/C9H8N2OS.2C2H6/c1-3-10-11-4-5-12-9-7(8(1)11)2-6-13-9;2*1-2/h1-3,6H,4-5H2;2*1-2H3. The van der Waals surface area contributed by atoms with Crippen LogP contribution in [0.15, 0.2) is 23.7 Å². The van der Waals surface area contributed by atoms with Crippen molar-refractivity contribution in [3.8, 4) is 16.3 Å². The second-order valence-corrected chi connectivity index (χ2v) is 3.79. The van der Waals surface area contributed by atoms with Gasteiger partial charge in [-0.15, -0.1) is 11.3 Å². The smallest absolute Gasteiger partial charge is 0.183 e. The van der Waals surface area contributed by atoms with Crippen molar-refractivity contribution in [2.45, 2.75) is 34.2 Å². The quantitative estimate of drug-likeness (QED) is 0.707. The highest BCUT2D eigenvalue weighted by Gasteiger charge is 2.15. The van der Waals surface area contributed by atoms with Crippen molar-refractivity contribution < 1.29 is 4.74 Å². The van der Waals surface area contributed by atoms with Gasteiger partial charge in [-0.1, -0.05) is 27.7 Å². The van der Waals surface area contributed by atoms with Crippen molar-refractivity contribution in [2.75, 3.05) is 6.61 Å². The monoisotopic (exact) mass is 252 g/mol. The molecule has 0 saturated carbocycles. The normalized spacial score (nSPS) is 11.5. The zero-order valence-corrected chi connectivity index (χ0v) is 11.8. The van der Waals surface area contributed by atoms with Crippen LogP contribution in [-0.4, -0.2) is 16.4 Å². The summed E-state index contributed by atoms with van der Waals surface area (Å²) in [6.07, 6.45) is 1.84. The predicted molar refractivity (Wildman–Crippen MR) is 73.7 cm³/mol. The summed E-state index contributed by atoms with van der Waals surface area (Å²) in [4.78, 5) is 0. The van der Waals surface area contributed by atoms with Crippen LogP contribution in [0.5, 0.6) is 5.06 Å². The minimum absolute atomic E-state index is 0.711. The lowest BCUT2D eigenvalue weighted by atomic mass is 10.2. The molecule has 0 radical (unpaired) electrons. The van der Waals surface area contributed by atoms with Gasteiger partial charge >= 0.3 is 0 Å². The molecule has 2 aromatic rings. The summed E-state index contributed by atoms with van der Waals surface area (Å²) < 4.78 is 7.57. The Kier molecular flexibility index (Phi) is 5.77. The fourth-order valence-electron chi connectivity index (χ4n) is 1.56. The van der Waals surface area contributed by atoms with Gasteiger partial charge in [0.25, 0.3) is 0 Å². The fraction of sp³-hybridized carbons (Fsp3) is 0.462. The van der Waals surface area contributed by atoms with Crippen molar-refractivity contribution in [1.29, 1.82) is 0 Å². The molecule has 2 aromatic heterocycles. The number of thiophene rings is 1. The van der Waals surface area contributed by atoms with Gasteiger partial charge in [-0.25, -0.2) is 0 Å². The van der Waals surface area contributed by atoms with Gasteiger partial charge in [0.1, 0.15) is 6.61 Å². The fourth-order valence-corrected chi connectivity index (χ4v) is 2.34. The highest BCUT2D eigenvalue weighted by molar-refractivity contribution is 7.12. The van der Waals surface area contributed by atoms with E-state index in [0.717, 1.165) is 17.3 Å². The van der Waals surface area contributed by atoms with Gasteiger partial charge in [0.15, 0.2) is 5.06 Å². The summed E-state index contributed by atoms with van der Waals surface area (Å²) in [7, 11) is 0. The molecule has 94 valence electrons. The molecule has 0 bridgehead atoms. The molecule has 0 saturated heterocycles. The Morgan fingerprint density at radius 3 is 2.76 bits per heavy atom. The van der Waals surface area contributed by atoms with Crippen molar-refractivity contribution >= 4 is 11.3 Å². The van der Waals surface area contributed by atoms with Crippen LogP contribution in [0, 0.1) is 0 Å². The van der Waals surface area contributed by atoms with Crippen LogP contribution in [0.1, 0.15) is 27.7 Å². The second-order valence-electron chi connectivity index (χ2n) is 2.91. The molecule has 3 rings (SSSR count). The molecule has 1 aliphatic heterocycles. The average Bonchev–Trinajstić information content (AvgIpc) is 3.01. The Morgan fingerprint density at radius 2 is 2.00 bits per heavy atom. The first-order chi connectivity index (χ1) is 8.45. The Balaban J connectivity index is 0.000000330. The van der Waals surface area contributed by atoms with E-state index in [2.05, 4.69) is 11.2 Å². The molecule has 0 aromatic carbocycles. The Bertz CT molecular complexity index is 394. The van der Waals surface area contributed by atoms with Gasteiger partial charge in [-0.2, -0.15) is 5.10 Å². The average molecular weight is 252 g/mol. The van der Waals surface area contributed by atoms with Gasteiger partial charge in [-0.3, -0.25) is 4.68 Å². The summed E-state index contributed by atoms with van der Waals surface area (Å²) in [6, 6.07) is 4.11. The Labute approximate surface area is 107 Å². The van der Waals surface area contributed by atoms with Crippen molar-refractivity contribution in [3.63, 3.8) is 0 Å². The second kappa shape index (κ2) is 7.12. The highest BCUT2D eigenvalue weighted by atomic mass is 32.1. The van der Waals surface area contributed by atoms with Gasteiger partial charge < -0.3 is 4.74 Å². The van der Waals surface area contributed by atoms with E-state index in [1.165, 1.54) is 5.56 Å². The van der Waals surface area contributed by atoms with Gasteiger partial charge in [0, 0.05) is 6.20 Å². The van der Waals surface area contributed by atoms with E-state index in [1.807, 2.05) is 50.0 Å². The number of ether oxygens (including phenoxy) is 1. The molecule has 17 heavy (non-hydrogen) atoms. The van der Waals surface area contributed by atoms with Crippen LogP contribution in [0.3, 0.4) is 0 Å². The first-order valence-electron chi connectivity index (χ1n) is 6.17. The summed E-state index contributed by atoms with van der Waals surface area (Å²) in [5, 5.41) is 7.30. The third-order valence-electron chi connectivity index (χ3n) is 2.16. The van der Waals surface area contributed by atoms with E-state index < -0.39 is 0 Å². The molecule has 0 unspecified atom stereocenters. The molecule has 1 aliphatic rings. The third kappa shape index (κ3) is 2.88. The first kappa shape index (κ1) is 13.8. The number of rotatable bonds is 0. The SMILES string of the molecule is CC.CC.c1cc2n(n1)CCOc1sccc1-2. The van der Waals surface area contributed by atoms with E-state index >= 15 is 0 Å². The van der Waals surface area contributed by atoms with Crippen LogP contribution in [0.2, 0.25) is 0 Å². The number of fused-ring (bicyclic) bond motifs is 3. The van der Waals surface area contributed by atoms with Crippen LogP contribution in [-0.2, 0) is 6.54 Å². The minimum atomic E-state index is 0.711. The van der Waals surface area contributed by atoms with E-state index in [-0.39, 0.29) is 0 Å². The summed E-state index contributed by atoms with van der Waals surface area (Å²) in [5.74, 6) is 0. The van der Waals surface area contributed by atoms with E-state index in [1.54, 1.807) is 11.3 Å². The molecule has 0 amide bonds. The minimum Gasteiger partial charge on any atom is -0.481 e. The maximum Gasteiger partial charge on any atom is 0.183 e. The molecule has 0 aliphatic carbocycles. The zero-order chi connectivity index (χ0) is 12.7. The lowest BCUT2D eigenvalue weighted by Crippen LogP contribution is -2.06. The predicted octanol–water partition coefficient (Wildman–Crippen LogP) is 4.06.